The van der Waals surface area contributed by atoms with E-state index in [2.05, 4.69) is 11.9 Å². The highest BCUT2D eigenvalue weighted by molar-refractivity contribution is 5.80. The molecule has 2 rings (SSSR count). The van der Waals surface area contributed by atoms with E-state index in [1.807, 2.05) is 20.8 Å². The summed E-state index contributed by atoms with van der Waals surface area (Å²) in [6, 6.07) is 0. The normalized spacial score (nSPS) is 21.0. The Morgan fingerprint density at radius 3 is 2.61 bits per heavy atom. The van der Waals surface area contributed by atoms with E-state index in [1.165, 1.54) is 0 Å². The van der Waals surface area contributed by atoms with E-state index in [0.29, 0.717) is 24.6 Å². The van der Waals surface area contributed by atoms with Crippen molar-refractivity contribution in [1.29, 1.82) is 0 Å². The number of ether oxygens (including phenoxy) is 1. The molecule has 1 heterocycles. The first-order chi connectivity index (χ1) is 10.8. The highest BCUT2D eigenvalue weighted by atomic mass is 16.5. The second-order valence-corrected chi connectivity index (χ2v) is 6.68. The molecular formula is C18H28N2O3. The minimum atomic E-state index is -0.285. The van der Waals surface area contributed by atoms with Crippen molar-refractivity contribution in [2.24, 2.45) is 10.7 Å². The SMILES string of the molecule is Cc1c(C)c2c(c(C)c1O)CCC(C)(CCC(N)=NCCO)O2. The fraction of sp³-hybridized carbons (Fsp3) is 0.611. The quantitative estimate of drug-likeness (QED) is 0.574. The van der Waals surface area contributed by atoms with Gasteiger partial charge in [-0.2, -0.15) is 0 Å². The first-order valence-corrected chi connectivity index (χ1v) is 8.19. The van der Waals surface area contributed by atoms with Crippen molar-refractivity contribution >= 4 is 5.84 Å². The number of phenols is 1. The number of aliphatic imine (C=N–C) groups is 1. The van der Waals surface area contributed by atoms with E-state index < -0.39 is 0 Å². The molecule has 1 aromatic carbocycles. The average molecular weight is 320 g/mol. The van der Waals surface area contributed by atoms with Crippen LogP contribution in [-0.4, -0.2) is 34.8 Å². The molecule has 5 heteroatoms. The molecule has 4 N–H and O–H groups in total. The monoisotopic (exact) mass is 320 g/mol. The molecule has 1 atom stereocenters. The molecule has 1 aliphatic rings. The Balaban J connectivity index is 2.19. The number of aliphatic hydroxyl groups is 1. The molecule has 1 aromatic rings. The molecule has 0 spiro atoms. The molecule has 0 fully saturated rings. The predicted molar refractivity (Wildman–Crippen MR) is 92.5 cm³/mol. The third-order valence-electron chi connectivity index (χ3n) is 4.92. The van der Waals surface area contributed by atoms with Crippen LogP contribution in [0.2, 0.25) is 0 Å². The maximum atomic E-state index is 10.2. The molecule has 23 heavy (non-hydrogen) atoms. The van der Waals surface area contributed by atoms with Gasteiger partial charge >= 0.3 is 0 Å². The third kappa shape index (κ3) is 3.61. The van der Waals surface area contributed by atoms with Crippen LogP contribution in [0.3, 0.4) is 0 Å². The number of hydrogen-bond donors (Lipinski definition) is 3. The van der Waals surface area contributed by atoms with Crippen LogP contribution in [0, 0.1) is 20.8 Å². The predicted octanol–water partition coefficient (Wildman–Crippen LogP) is 2.53. The lowest BCUT2D eigenvalue weighted by Crippen LogP contribution is -2.38. The van der Waals surface area contributed by atoms with Gasteiger partial charge in [-0.3, -0.25) is 4.99 Å². The molecule has 0 saturated carbocycles. The highest BCUT2D eigenvalue weighted by Crippen LogP contribution is 2.44. The van der Waals surface area contributed by atoms with Crippen molar-refractivity contribution in [1.82, 2.24) is 0 Å². The zero-order valence-electron chi connectivity index (χ0n) is 14.6. The summed E-state index contributed by atoms with van der Waals surface area (Å²) in [5, 5.41) is 19.0. The highest BCUT2D eigenvalue weighted by Gasteiger charge is 2.34. The van der Waals surface area contributed by atoms with E-state index >= 15 is 0 Å². The van der Waals surface area contributed by atoms with Gasteiger partial charge in [0.1, 0.15) is 17.1 Å². The first-order valence-electron chi connectivity index (χ1n) is 8.19. The molecule has 0 aromatic heterocycles. The van der Waals surface area contributed by atoms with Crippen LogP contribution in [-0.2, 0) is 6.42 Å². The topological polar surface area (TPSA) is 88.1 Å². The van der Waals surface area contributed by atoms with E-state index in [0.717, 1.165) is 47.3 Å². The van der Waals surface area contributed by atoms with Crippen molar-refractivity contribution in [3.05, 3.63) is 22.3 Å². The Morgan fingerprint density at radius 2 is 1.96 bits per heavy atom. The summed E-state index contributed by atoms with van der Waals surface area (Å²) in [4.78, 5) is 4.12. The smallest absolute Gasteiger partial charge is 0.127 e. The van der Waals surface area contributed by atoms with Gasteiger partial charge in [0.05, 0.1) is 19.0 Å². The molecule has 0 aliphatic carbocycles. The van der Waals surface area contributed by atoms with Gasteiger partial charge in [-0.1, -0.05) is 0 Å². The van der Waals surface area contributed by atoms with Crippen molar-refractivity contribution in [2.75, 3.05) is 13.2 Å². The second kappa shape index (κ2) is 6.79. The largest absolute Gasteiger partial charge is 0.507 e. The van der Waals surface area contributed by atoms with Gasteiger partial charge in [0.15, 0.2) is 0 Å². The number of rotatable bonds is 5. The Morgan fingerprint density at radius 1 is 1.26 bits per heavy atom. The van der Waals surface area contributed by atoms with E-state index in [1.54, 1.807) is 0 Å². The van der Waals surface area contributed by atoms with Crippen molar-refractivity contribution < 1.29 is 14.9 Å². The van der Waals surface area contributed by atoms with Crippen molar-refractivity contribution in [3.63, 3.8) is 0 Å². The number of fused-ring (bicyclic) bond motifs is 1. The summed E-state index contributed by atoms with van der Waals surface area (Å²) in [6.45, 7) is 8.34. The molecule has 0 radical (unpaired) electrons. The zero-order chi connectivity index (χ0) is 17.2. The van der Waals surface area contributed by atoms with Crippen LogP contribution >= 0.6 is 0 Å². The van der Waals surface area contributed by atoms with Crippen LogP contribution < -0.4 is 10.5 Å². The number of benzene rings is 1. The van der Waals surface area contributed by atoms with E-state index in [-0.39, 0.29) is 12.2 Å². The van der Waals surface area contributed by atoms with Gasteiger partial charge in [0.2, 0.25) is 0 Å². The summed E-state index contributed by atoms with van der Waals surface area (Å²) in [6.07, 6.45) is 3.21. The summed E-state index contributed by atoms with van der Waals surface area (Å²) >= 11 is 0. The van der Waals surface area contributed by atoms with Crippen molar-refractivity contribution in [2.45, 2.75) is 59.0 Å². The molecule has 0 saturated heterocycles. The minimum absolute atomic E-state index is 0.0169. The first kappa shape index (κ1) is 17.6. The number of aromatic hydroxyl groups is 1. The molecular weight excluding hydrogens is 292 g/mol. The number of nitrogens with two attached hydrogens (primary N) is 1. The van der Waals surface area contributed by atoms with Crippen LogP contribution in [0.1, 0.15) is 48.4 Å². The number of aliphatic hydroxyl groups excluding tert-OH is 1. The summed E-state index contributed by atoms with van der Waals surface area (Å²) < 4.78 is 6.35. The second-order valence-electron chi connectivity index (χ2n) is 6.68. The number of hydrogen-bond acceptors (Lipinski definition) is 4. The summed E-state index contributed by atoms with van der Waals surface area (Å²) in [5.41, 5.74) is 9.53. The summed E-state index contributed by atoms with van der Waals surface area (Å²) in [7, 11) is 0. The molecule has 0 amide bonds. The molecule has 1 aliphatic heterocycles. The van der Waals surface area contributed by atoms with Gasteiger partial charge < -0.3 is 20.7 Å². The van der Waals surface area contributed by atoms with Gasteiger partial charge in [-0.25, -0.2) is 0 Å². The van der Waals surface area contributed by atoms with E-state index in [9.17, 15) is 5.11 Å². The fourth-order valence-electron chi connectivity index (χ4n) is 3.14. The van der Waals surface area contributed by atoms with Crippen molar-refractivity contribution in [3.8, 4) is 11.5 Å². The Bertz CT molecular complexity index is 625. The average Bonchev–Trinajstić information content (AvgIpc) is 2.54. The van der Waals surface area contributed by atoms with Gasteiger partial charge in [-0.05, 0) is 63.6 Å². The van der Waals surface area contributed by atoms with Crippen LogP contribution in [0.25, 0.3) is 0 Å². The van der Waals surface area contributed by atoms with Crippen LogP contribution in [0.15, 0.2) is 4.99 Å². The maximum Gasteiger partial charge on any atom is 0.127 e. The van der Waals surface area contributed by atoms with Gasteiger partial charge in [0, 0.05) is 12.0 Å². The zero-order valence-corrected chi connectivity index (χ0v) is 14.6. The molecule has 1 unspecified atom stereocenters. The molecule has 128 valence electrons. The molecule has 5 nitrogen and oxygen atoms in total. The standard InChI is InChI=1S/C18H28N2O3/c1-11-12(2)17-14(13(3)16(11)22)5-7-18(4,23-17)8-6-15(19)20-9-10-21/h21-22H,5-10H2,1-4H3,(H2,19,20). The van der Waals surface area contributed by atoms with E-state index in [4.69, 9.17) is 15.6 Å². The lowest BCUT2D eigenvalue weighted by atomic mass is 9.85. The van der Waals surface area contributed by atoms with Gasteiger partial charge in [0.25, 0.3) is 0 Å². The Kier molecular flexibility index (Phi) is 5.19. The Labute approximate surface area is 138 Å². The lowest BCUT2D eigenvalue weighted by Gasteiger charge is -2.38. The number of amidine groups is 1. The number of phenolic OH excluding ortho intramolecular Hbond substituents is 1. The third-order valence-corrected chi connectivity index (χ3v) is 4.92. The lowest BCUT2D eigenvalue weighted by molar-refractivity contribution is 0.0568. The maximum absolute atomic E-state index is 10.2. The van der Waals surface area contributed by atoms with Gasteiger partial charge in [-0.15, -0.1) is 0 Å². The summed E-state index contributed by atoms with van der Waals surface area (Å²) in [5.74, 6) is 1.86. The molecule has 0 bridgehead atoms. The minimum Gasteiger partial charge on any atom is -0.507 e. The fourth-order valence-corrected chi connectivity index (χ4v) is 3.14. The Hall–Kier alpha value is -1.75. The number of nitrogens with zero attached hydrogens (tertiary/aromatic N) is 1. The van der Waals surface area contributed by atoms with Crippen LogP contribution in [0.4, 0.5) is 0 Å². The van der Waals surface area contributed by atoms with Crippen LogP contribution in [0.5, 0.6) is 11.5 Å².